The molecule has 1 saturated heterocycles. The van der Waals surface area contributed by atoms with Crippen LogP contribution in [0.4, 0.5) is 0 Å². The average Bonchev–Trinajstić information content (AvgIpc) is 3.14. The van der Waals surface area contributed by atoms with Crippen molar-refractivity contribution in [3.63, 3.8) is 0 Å². The van der Waals surface area contributed by atoms with Crippen molar-refractivity contribution < 1.29 is 13.6 Å². The summed E-state index contributed by atoms with van der Waals surface area (Å²) in [4.78, 5) is 14.0. The second kappa shape index (κ2) is 7.08. The molecule has 0 aromatic carbocycles. The normalized spacial score (nSPS) is 19.7. The summed E-state index contributed by atoms with van der Waals surface area (Å²) in [6.07, 6.45) is 6.42. The molecule has 0 spiro atoms. The largest absolute Gasteiger partial charge is 0.468 e. The van der Waals surface area contributed by atoms with Crippen LogP contribution in [-0.2, 0) is 12.0 Å². The lowest BCUT2D eigenvalue weighted by Gasteiger charge is -2.29. The summed E-state index contributed by atoms with van der Waals surface area (Å²) in [6.45, 7) is 8.01. The van der Waals surface area contributed by atoms with Crippen LogP contribution in [0.1, 0.15) is 80.1 Å². The van der Waals surface area contributed by atoms with E-state index in [1.165, 1.54) is 19.3 Å². The first kappa shape index (κ1) is 17.8. The molecule has 1 fully saturated rings. The summed E-state index contributed by atoms with van der Waals surface area (Å²) in [5.74, 6) is 1.57. The maximum Gasteiger partial charge on any atom is 0.284 e. The van der Waals surface area contributed by atoms with Crippen LogP contribution in [0.5, 0.6) is 0 Å². The lowest BCUT2D eigenvalue weighted by molar-refractivity contribution is 0.0970. The Morgan fingerprint density at radius 1 is 1.32 bits per heavy atom. The quantitative estimate of drug-likeness (QED) is 0.893. The fourth-order valence-electron chi connectivity index (χ4n) is 3.68. The number of nitrogens with zero attached hydrogens (tertiary/aromatic N) is 1. The molecule has 0 saturated carbocycles. The molecule has 0 unspecified atom stereocenters. The average molecular weight is 344 g/mol. The molecule has 136 valence electrons. The fourth-order valence-corrected chi connectivity index (χ4v) is 3.68. The van der Waals surface area contributed by atoms with Crippen LogP contribution in [0.3, 0.4) is 0 Å². The number of likely N-dealkylation sites (tertiary alicyclic amines) is 1. The van der Waals surface area contributed by atoms with Crippen LogP contribution >= 0.6 is 0 Å². The molecule has 25 heavy (non-hydrogen) atoms. The van der Waals surface area contributed by atoms with Gasteiger partial charge in [-0.2, -0.15) is 0 Å². The zero-order valence-corrected chi connectivity index (χ0v) is 15.4. The van der Waals surface area contributed by atoms with E-state index in [1.54, 1.807) is 6.26 Å². The number of carbonyl (C=O) groups is 1. The molecule has 0 bridgehead atoms. The topological polar surface area (TPSA) is 72.6 Å². The van der Waals surface area contributed by atoms with E-state index in [9.17, 15) is 4.79 Å². The van der Waals surface area contributed by atoms with Gasteiger partial charge in [0.2, 0.25) is 0 Å². The van der Waals surface area contributed by atoms with Gasteiger partial charge in [0.05, 0.1) is 12.3 Å². The van der Waals surface area contributed by atoms with Crippen molar-refractivity contribution in [2.75, 3.05) is 6.54 Å². The van der Waals surface area contributed by atoms with Crippen molar-refractivity contribution in [2.24, 2.45) is 5.73 Å². The van der Waals surface area contributed by atoms with Crippen LogP contribution in [0.15, 0.2) is 33.3 Å². The third kappa shape index (κ3) is 3.98. The summed E-state index contributed by atoms with van der Waals surface area (Å²) < 4.78 is 11.5. The van der Waals surface area contributed by atoms with Crippen LogP contribution in [-0.4, -0.2) is 17.4 Å². The number of furan rings is 2. The molecule has 5 heteroatoms. The van der Waals surface area contributed by atoms with Crippen molar-refractivity contribution in [1.82, 2.24) is 4.90 Å². The number of hydrogen-bond acceptors (Lipinski definition) is 4. The van der Waals surface area contributed by atoms with Crippen molar-refractivity contribution in [3.8, 4) is 0 Å². The van der Waals surface area contributed by atoms with E-state index in [0.29, 0.717) is 0 Å². The summed E-state index contributed by atoms with van der Waals surface area (Å²) in [5.41, 5.74) is 6.30. The summed E-state index contributed by atoms with van der Waals surface area (Å²) in [7, 11) is 0. The predicted molar refractivity (Wildman–Crippen MR) is 96.3 cm³/mol. The third-order valence-electron chi connectivity index (χ3n) is 4.84. The minimum absolute atomic E-state index is 0.185. The molecule has 1 atom stereocenters. The van der Waals surface area contributed by atoms with Gasteiger partial charge in [-0.1, -0.05) is 33.6 Å². The summed E-state index contributed by atoms with van der Waals surface area (Å²) >= 11 is 0. The molecule has 0 aliphatic carbocycles. The molecular weight excluding hydrogens is 316 g/mol. The van der Waals surface area contributed by atoms with Crippen molar-refractivity contribution in [1.29, 1.82) is 0 Å². The molecular formula is C20H28N2O3. The Bertz CT molecular complexity index is 710. The summed E-state index contributed by atoms with van der Waals surface area (Å²) in [5, 5.41) is 0. The van der Waals surface area contributed by atoms with Crippen molar-refractivity contribution in [2.45, 2.75) is 64.5 Å². The van der Waals surface area contributed by atoms with Gasteiger partial charge in [0.1, 0.15) is 11.5 Å². The van der Waals surface area contributed by atoms with Crippen molar-refractivity contribution in [3.05, 3.63) is 47.3 Å². The molecule has 2 N–H and O–H groups in total. The number of amides is 1. The highest BCUT2D eigenvalue weighted by Gasteiger charge is 2.30. The first-order valence-electron chi connectivity index (χ1n) is 9.06. The number of primary amides is 1. The number of carbonyl (C=O) groups excluding carboxylic acids is 1. The highest BCUT2D eigenvalue weighted by Crippen LogP contribution is 2.35. The standard InChI is InChI=1S/C20H28N2O3/c1-20(2,3)18-14(12-17(25-18)19(21)23)13-22-10-6-4-5-8-15(22)16-9-7-11-24-16/h7,9,11-12,15H,4-6,8,10,13H2,1-3H3,(H2,21,23)/t15-/m1/s1. The molecule has 3 rings (SSSR count). The number of nitrogens with two attached hydrogens (primary N) is 1. The number of hydrogen-bond donors (Lipinski definition) is 1. The highest BCUT2D eigenvalue weighted by molar-refractivity contribution is 5.90. The molecule has 2 aromatic rings. The van der Waals surface area contributed by atoms with Crippen LogP contribution < -0.4 is 5.73 Å². The second-order valence-corrected chi connectivity index (χ2v) is 7.93. The highest BCUT2D eigenvalue weighted by atomic mass is 16.4. The Morgan fingerprint density at radius 2 is 2.12 bits per heavy atom. The molecule has 1 aliphatic rings. The van der Waals surface area contributed by atoms with E-state index < -0.39 is 5.91 Å². The maximum absolute atomic E-state index is 11.6. The lowest BCUT2D eigenvalue weighted by atomic mass is 9.90. The Labute approximate surface area is 149 Å². The molecule has 2 aromatic heterocycles. The predicted octanol–water partition coefficient (Wildman–Crippen LogP) is 4.39. The Hall–Kier alpha value is -2.01. The second-order valence-electron chi connectivity index (χ2n) is 7.93. The van der Waals surface area contributed by atoms with E-state index in [0.717, 1.165) is 36.6 Å². The number of rotatable bonds is 4. The van der Waals surface area contributed by atoms with Crippen molar-refractivity contribution >= 4 is 5.91 Å². The zero-order chi connectivity index (χ0) is 18.0. The van der Waals surface area contributed by atoms with Gasteiger partial charge in [-0.3, -0.25) is 9.69 Å². The van der Waals surface area contributed by atoms with E-state index in [2.05, 4.69) is 31.7 Å². The van der Waals surface area contributed by atoms with Gasteiger partial charge in [0.25, 0.3) is 5.91 Å². The van der Waals surface area contributed by atoms with Gasteiger partial charge in [-0.25, -0.2) is 0 Å². The molecule has 3 heterocycles. The van der Waals surface area contributed by atoms with Crippen LogP contribution in [0.25, 0.3) is 0 Å². The van der Waals surface area contributed by atoms with Crippen LogP contribution in [0, 0.1) is 0 Å². The van der Waals surface area contributed by atoms with E-state index >= 15 is 0 Å². The Balaban J connectivity index is 1.92. The molecule has 1 amide bonds. The SMILES string of the molecule is CC(C)(C)c1oc(C(N)=O)cc1CN1CCCCC[C@@H]1c1ccco1. The van der Waals surface area contributed by atoms with E-state index in [4.69, 9.17) is 14.6 Å². The van der Waals surface area contributed by atoms with Gasteiger partial charge < -0.3 is 14.6 Å². The first-order valence-corrected chi connectivity index (χ1v) is 9.06. The van der Waals surface area contributed by atoms with Gasteiger partial charge in [0, 0.05) is 17.5 Å². The minimum atomic E-state index is -0.518. The fraction of sp³-hybridized carbons (Fsp3) is 0.550. The Morgan fingerprint density at radius 3 is 2.76 bits per heavy atom. The van der Waals surface area contributed by atoms with Gasteiger partial charge >= 0.3 is 0 Å². The monoisotopic (exact) mass is 344 g/mol. The van der Waals surface area contributed by atoms with Crippen LogP contribution in [0.2, 0.25) is 0 Å². The third-order valence-corrected chi connectivity index (χ3v) is 4.84. The zero-order valence-electron chi connectivity index (χ0n) is 15.4. The van der Waals surface area contributed by atoms with E-state index in [-0.39, 0.29) is 17.2 Å². The van der Waals surface area contributed by atoms with E-state index in [1.807, 2.05) is 12.1 Å². The lowest BCUT2D eigenvalue weighted by Crippen LogP contribution is -2.29. The minimum Gasteiger partial charge on any atom is -0.468 e. The molecule has 1 aliphatic heterocycles. The van der Waals surface area contributed by atoms with Gasteiger partial charge in [-0.15, -0.1) is 0 Å². The smallest absolute Gasteiger partial charge is 0.284 e. The first-order chi connectivity index (χ1) is 11.9. The van der Waals surface area contributed by atoms with Gasteiger partial charge in [0.15, 0.2) is 5.76 Å². The summed E-state index contributed by atoms with van der Waals surface area (Å²) in [6, 6.07) is 6.07. The molecule has 0 radical (unpaired) electrons. The molecule has 5 nitrogen and oxygen atoms in total. The Kier molecular flexibility index (Phi) is 5.04. The van der Waals surface area contributed by atoms with Gasteiger partial charge in [-0.05, 0) is 37.6 Å². The maximum atomic E-state index is 11.6.